The molecule has 0 saturated heterocycles. The van der Waals surface area contributed by atoms with E-state index in [0.717, 1.165) is 3.57 Å². The van der Waals surface area contributed by atoms with Gasteiger partial charge < -0.3 is 15.0 Å². The van der Waals surface area contributed by atoms with Crippen molar-refractivity contribution in [2.45, 2.75) is 13.0 Å². The van der Waals surface area contributed by atoms with E-state index in [1.807, 2.05) is 42.5 Å². The first-order chi connectivity index (χ1) is 11.0. The number of anilines is 2. The Morgan fingerprint density at radius 2 is 1.87 bits per heavy atom. The maximum absolute atomic E-state index is 12.5. The summed E-state index contributed by atoms with van der Waals surface area (Å²) in [6.07, 6.45) is -0.743. The first kappa shape index (κ1) is 15.8. The molecule has 0 spiro atoms. The lowest BCUT2D eigenvalue weighted by atomic mass is 10.1. The second kappa shape index (κ2) is 6.57. The summed E-state index contributed by atoms with van der Waals surface area (Å²) in [5, 5.41) is 2.82. The molecule has 0 aliphatic carbocycles. The summed E-state index contributed by atoms with van der Waals surface area (Å²) in [4.78, 5) is 25.9. The van der Waals surface area contributed by atoms with Crippen molar-refractivity contribution < 1.29 is 14.3 Å². The molecule has 1 aliphatic heterocycles. The van der Waals surface area contributed by atoms with E-state index in [9.17, 15) is 9.59 Å². The fraction of sp³-hybridized carbons (Fsp3) is 0.176. The van der Waals surface area contributed by atoms with E-state index in [1.54, 1.807) is 11.0 Å². The standard InChI is InChI=1S/C17H15IN2O3/c1-11(21)20-10-16(23-15-5-3-2-4-14(15)20)17(22)19-13-8-6-12(18)7-9-13/h2-9,16H,10H2,1H3,(H,19,22)/t16-/m0/s1. The highest BCUT2D eigenvalue weighted by Gasteiger charge is 2.32. The molecule has 0 aromatic heterocycles. The summed E-state index contributed by atoms with van der Waals surface area (Å²) in [6.45, 7) is 1.68. The van der Waals surface area contributed by atoms with Crippen molar-refractivity contribution in [1.82, 2.24) is 0 Å². The fourth-order valence-electron chi connectivity index (χ4n) is 2.43. The number of hydrogen-bond donors (Lipinski definition) is 1. The van der Waals surface area contributed by atoms with Gasteiger partial charge >= 0.3 is 0 Å². The molecule has 0 fully saturated rings. The number of carbonyl (C=O) groups excluding carboxylic acids is 2. The van der Waals surface area contributed by atoms with Gasteiger partial charge in [-0.05, 0) is 59.0 Å². The highest BCUT2D eigenvalue weighted by molar-refractivity contribution is 14.1. The predicted octanol–water partition coefficient (Wildman–Crippen LogP) is 3.04. The van der Waals surface area contributed by atoms with Crippen LogP contribution in [0.5, 0.6) is 5.75 Å². The van der Waals surface area contributed by atoms with Crippen molar-refractivity contribution >= 4 is 45.8 Å². The second-order valence-electron chi connectivity index (χ2n) is 5.20. The number of benzene rings is 2. The van der Waals surface area contributed by atoms with Crippen LogP contribution < -0.4 is 15.0 Å². The van der Waals surface area contributed by atoms with Crippen LogP contribution in [0.15, 0.2) is 48.5 Å². The van der Waals surface area contributed by atoms with Crippen LogP contribution in [0.4, 0.5) is 11.4 Å². The first-order valence-corrected chi connectivity index (χ1v) is 8.22. The number of nitrogens with zero attached hydrogens (tertiary/aromatic N) is 1. The molecule has 2 aromatic carbocycles. The van der Waals surface area contributed by atoms with Crippen molar-refractivity contribution in [3.05, 3.63) is 52.1 Å². The molecule has 0 bridgehead atoms. The lowest BCUT2D eigenvalue weighted by Gasteiger charge is -2.33. The van der Waals surface area contributed by atoms with E-state index in [1.165, 1.54) is 6.92 Å². The molecular formula is C17H15IN2O3. The first-order valence-electron chi connectivity index (χ1n) is 7.15. The van der Waals surface area contributed by atoms with E-state index in [4.69, 9.17) is 4.74 Å². The van der Waals surface area contributed by atoms with Crippen LogP contribution in [0.1, 0.15) is 6.92 Å². The molecule has 6 heteroatoms. The molecule has 2 aromatic rings. The molecule has 1 aliphatic rings. The largest absolute Gasteiger partial charge is 0.476 e. The van der Waals surface area contributed by atoms with Gasteiger partial charge in [-0.15, -0.1) is 0 Å². The zero-order chi connectivity index (χ0) is 16.4. The van der Waals surface area contributed by atoms with Gasteiger partial charge in [0.25, 0.3) is 5.91 Å². The number of nitrogens with one attached hydrogen (secondary N) is 1. The Balaban J connectivity index is 1.79. The average Bonchev–Trinajstić information content (AvgIpc) is 2.55. The van der Waals surface area contributed by atoms with Crippen LogP contribution in [0.25, 0.3) is 0 Å². The second-order valence-corrected chi connectivity index (χ2v) is 6.45. The SMILES string of the molecule is CC(=O)N1C[C@@H](C(=O)Nc2ccc(I)cc2)Oc2ccccc21. The maximum Gasteiger partial charge on any atom is 0.267 e. The Bertz CT molecular complexity index is 746. The van der Waals surface area contributed by atoms with Gasteiger partial charge in [-0.3, -0.25) is 9.59 Å². The average molecular weight is 422 g/mol. The van der Waals surface area contributed by atoms with Crippen molar-refractivity contribution in [1.29, 1.82) is 0 Å². The molecule has 2 amide bonds. The van der Waals surface area contributed by atoms with Gasteiger partial charge in [0.1, 0.15) is 5.75 Å². The minimum absolute atomic E-state index is 0.118. The number of ether oxygens (including phenoxy) is 1. The minimum atomic E-state index is -0.743. The summed E-state index contributed by atoms with van der Waals surface area (Å²) >= 11 is 2.20. The van der Waals surface area contributed by atoms with Crippen LogP contribution in [0.2, 0.25) is 0 Å². The van der Waals surface area contributed by atoms with Gasteiger partial charge in [-0.1, -0.05) is 12.1 Å². The molecular weight excluding hydrogens is 407 g/mol. The number of hydrogen-bond acceptors (Lipinski definition) is 3. The number of para-hydroxylation sites is 2. The lowest BCUT2D eigenvalue weighted by molar-refractivity contribution is -0.123. The monoisotopic (exact) mass is 422 g/mol. The third-order valence-corrected chi connectivity index (χ3v) is 4.28. The molecule has 3 rings (SSSR count). The van der Waals surface area contributed by atoms with E-state index in [2.05, 4.69) is 27.9 Å². The smallest absolute Gasteiger partial charge is 0.267 e. The summed E-state index contributed by atoms with van der Waals surface area (Å²) in [7, 11) is 0. The van der Waals surface area contributed by atoms with Crippen LogP contribution >= 0.6 is 22.6 Å². The fourth-order valence-corrected chi connectivity index (χ4v) is 2.78. The molecule has 0 radical (unpaired) electrons. The Kier molecular flexibility index (Phi) is 4.51. The minimum Gasteiger partial charge on any atom is -0.476 e. The Hall–Kier alpha value is -2.09. The third kappa shape index (κ3) is 3.47. The number of fused-ring (bicyclic) bond motifs is 1. The van der Waals surface area contributed by atoms with Gasteiger partial charge in [-0.25, -0.2) is 0 Å². The number of carbonyl (C=O) groups is 2. The van der Waals surface area contributed by atoms with Crippen LogP contribution in [-0.4, -0.2) is 24.5 Å². The normalized spacial score (nSPS) is 16.3. The molecule has 5 nitrogen and oxygen atoms in total. The van der Waals surface area contributed by atoms with Gasteiger partial charge in [0.05, 0.1) is 12.2 Å². The molecule has 0 saturated carbocycles. The predicted molar refractivity (Wildman–Crippen MR) is 96.7 cm³/mol. The number of amides is 2. The quantitative estimate of drug-likeness (QED) is 0.758. The Morgan fingerprint density at radius 3 is 2.57 bits per heavy atom. The Morgan fingerprint density at radius 1 is 1.17 bits per heavy atom. The third-order valence-electron chi connectivity index (χ3n) is 3.56. The maximum atomic E-state index is 12.5. The van der Waals surface area contributed by atoms with E-state index < -0.39 is 6.10 Å². The molecule has 1 N–H and O–H groups in total. The summed E-state index contributed by atoms with van der Waals surface area (Å²) < 4.78 is 6.85. The summed E-state index contributed by atoms with van der Waals surface area (Å²) in [5.74, 6) is 0.150. The summed E-state index contributed by atoms with van der Waals surface area (Å²) in [6, 6.07) is 14.7. The molecule has 0 unspecified atom stereocenters. The number of halogens is 1. The van der Waals surface area contributed by atoms with E-state index >= 15 is 0 Å². The lowest BCUT2D eigenvalue weighted by Crippen LogP contribution is -2.48. The van der Waals surface area contributed by atoms with E-state index in [-0.39, 0.29) is 18.4 Å². The van der Waals surface area contributed by atoms with Gasteiger partial charge in [0, 0.05) is 16.2 Å². The number of rotatable bonds is 2. The highest BCUT2D eigenvalue weighted by atomic mass is 127. The van der Waals surface area contributed by atoms with Gasteiger partial charge in [-0.2, -0.15) is 0 Å². The van der Waals surface area contributed by atoms with Crippen LogP contribution in [0.3, 0.4) is 0 Å². The van der Waals surface area contributed by atoms with Crippen molar-refractivity contribution in [3.63, 3.8) is 0 Å². The Labute approximate surface area is 147 Å². The molecule has 1 heterocycles. The topological polar surface area (TPSA) is 58.6 Å². The van der Waals surface area contributed by atoms with E-state index in [0.29, 0.717) is 17.1 Å². The van der Waals surface area contributed by atoms with Crippen molar-refractivity contribution in [2.24, 2.45) is 0 Å². The van der Waals surface area contributed by atoms with Gasteiger partial charge in [0.15, 0.2) is 6.10 Å². The molecule has 118 valence electrons. The zero-order valence-corrected chi connectivity index (χ0v) is 14.6. The summed E-state index contributed by atoms with van der Waals surface area (Å²) in [5.41, 5.74) is 1.39. The zero-order valence-electron chi connectivity index (χ0n) is 12.5. The molecule has 23 heavy (non-hydrogen) atoms. The highest BCUT2D eigenvalue weighted by Crippen LogP contribution is 2.33. The van der Waals surface area contributed by atoms with Crippen LogP contribution in [0, 0.1) is 3.57 Å². The van der Waals surface area contributed by atoms with Crippen molar-refractivity contribution in [3.8, 4) is 5.75 Å². The molecule has 1 atom stereocenters. The van der Waals surface area contributed by atoms with Crippen LogP contribution in [-0.2, 0) is 9.59 Å². The van der Waals surface area contributed by atoms with Gasteiger partial charge in [0.2, 0.25) is 5.91 Å². The van der Waals surface area contributed by atoms with Crippen molar-refractivity contribution in [2.75, 3.05) is 16.8 Å².